The van der Waals surface area contributed by atoms with Crippen molar-refractivity contribution in [2.75, 3.05) is 31.7 Å². The Morgan fingerprint density at radius 3 is 2.74 bits per heavy atom. The number of aromatic nitrogens is 3. The number of hydrogen-bond donors (Lipinski definition) is 2. The van der Waals surface area contributed by atoms with E-state index in [2.05, 4.69) is 27.4 Å². The second-order valence-corrected chi connectivity index (χ2v) is 10.2. The lowest BCUT2D eigenvalue weighted by molar-refractivity contribution is 0.0824. The van der Waals surface area contributed by atoms with Gasteiger partial charge in [-0.15, -0.1) is 0 Å². The van der Waals surface area contributed by atoms with Crippen molar-refractivity contribution in [3.63, 3.8) is 0 Å². The van der Waals surface area contributed by atoms with Gasteiger partial charge in [-0.25, -0.2) is 9.37 Å². The molecule has 2 aliphatic rings. The zero-order valence-corrected chi connectivity index (χ0v) is 20.3. The fourth-order valence-corrected chi connectivity index (χ4v) is 5.84. The van der Waals surface area contributed by atoms with Crippen LogP contribution < -0.4 is 11.1 Å². The van der Waals surface area contributed by atoms with E-state index >= 15 is 4.39 Å². The second-order valence-electron chi connectivity index (χ2n) is 9.82. The van der Waals surface area contributed by atoms with Crippen LogP contribution in [0.25, 0.3) is 11.1 Å². The summed E-state index contributed by atoms with van der Waals surface area (Å²) in [4.78, 5) is 22.9. The third kappa shape index (κ3) is 3.25. The summed E-state index contributed by atoms with van der Waals surface area (Å²) in [6, 6.07) is 3.07. The Morgan fingerprint density at radius 2 is 2.06 bits per heavy atom. The predicted molar refractivity (Wildman–Crippen MR) is 127 cm³/mol. The topological polar surface area (TPSA) is 110 Å². The van der Waals surface area contributed by atoms with Gasteiger partial charge in [-0.3, -0.25) is 4.79 Å². The van der Waals surface area contributed by atoms with E-state index in [0.29, 0.717) is 34.7 Å². The van der Waals surface area contributed by atoms with Gasteiger partial charge in [-0.05, 0) is 38.3 Å². The molecule has 0 unspecified atom stereocenters. The normalized spacial score (nSPS) is 23.2. The second kappa shape index (κ2) is 7.66. The molecule has 1 amide bonds. The largest absolute Gasteiger partial charge is 0.398 e. The molecule has 1 aliphatic carbocycles. The molecule has 0 saturated heterocycles. The maximum absolute atomic E-state index is 15.6. The Bertz CT molecular complexity index is 1330. The summed E-state index contributed by atoms with van der Waals surface area (Å²) in [5, 5.41) is 7.77. The standard InChI is InChI=1S/C24H26ClFN6O2/c1-12-30-22(34-31-12)23(2)7-8-24(10-23)11-29-20-17(24)18(25)14(9-28-20)13-5-6-15(27)16(19(13)26)21(33)32(3)4/h5-6,9H,7-8,10-11,27H2,1-4H3,(H,28,29)/t23-,24-/m0/s1. The first-order valence-electron chi connectivity index (χ1n) is 11.1. The van der Waals surface area contributed by atoms with Crippen molar-refractivity contribution >= 4 is 29.0 Å². The molecule has 5 rings (SSSR count). The quantitative estimate of drug-likeness (QED) is 0.532. The molecule has 1 spiro atoms. The Morgan fingerprint density at radius 1 is 1.29 bits per heavy atom. The number of nitrogens with zero attached hydrogens (tertiary/aromatic N) is 4. The minimum atomic E-state index is -0.708. The highest BCUT2D eigenvalue weighted by molar-refractivity contribution is 6.34. The zero-order chi connectivity index (χ0) is 24.4. The number of nitrogens with one attached hydrogen (secondary N) is 1. The number of nitrogen functional groups attached to an aromatic ring is 1. The highest BCUT2D eigenvalue weighted by Gasteiger charge is 2.54. The van der Waals surface area contributed by atoms with Gasteiger partial charge in [0.15, 0.2) is 5.82 Å². The molecule has 3 aromatic rings. The van der Waals surface area contributed by atoms with Crippen LogP contribution in [0.1, 0.15) is 53.8 Å². The van der Waals surface area contributed by atoms with Gasteiger partial charge in [0.2, 0.25) is 5.89 Å². The van der Waals surface area contributed by atoms with Crippen LogP contribution >= 0.6 is 11.6 Å². The van der Waals surface area contributed by atoms with E-state index in [9.17, 15) is 4.79 Å². The molecule has 2 atom stereocenters. The smallest absolute Gasteiger partial charge is 0.258 e. The van der Waals surface area contributed by atoms with Crippen molar-refractivity contribution < 1.29 is 13.7 Å². The number of pyridine rings is 1. The Labute approximate surface area is 201 Å². The molecule has 1 aromatic carbocycles. The third-order valence-corrected chi connectivity index (χ3v) is 7.54. The monoisotopic (exact) mass is 484 g/mol. The van der Waals surface area contributed by atoms with E-state index in [1.165, 1.54) is 11.0 Å². The molecule has 10 heteroatoms. The van der Waals surface area contributed by atoms with Gasteiger partial charge in [0.1, 0.15) is 11.6 Å². The summed E-state index contributed by atoms with van der Waals surface area (Å²) < 4.78 is 21.1. The lowest BCUT2D eigenvalue weighted by Crippen LogP contribution is -2.29. The number of anilines is 2. The first kappa shape index (κ1) is 22.6. The molecule has 2 aromatic heterocycles. The van der Waals surface area contributed by atoms with Crippen LogP contribution in [-0.4, -0.2) is 46.6 Å². The summed E-state index contributed by atoms with van der Waals surface area (Å²) in [5.41, 5.74) is 6.72. The molecule has 0 bridgehead atoms. The highest BCUT2D eigenvalue weighted by Crippen LogP contribution is 2.57. The first-order valence-corrected chi connectivity index (χ1v) is 11.5. The SMILES string of the molecule is Cc1noc([C@@]2(C)CC[C@@]3(CNc4ncc(-c5ccc(N)c(C(=O)N(C)C)c5F)c(Cl)c43)C2)n1. The number of rotatable bonds is 3. The third-order valence-electron chi connectivity index (χ3n) is 7.15. The molecule has 8 nitrogen and oxygen atoms in total. The van der Waals surface area contributed by atoms with Crippen molar-refractivity contribution in [3.05, 3.63) is 52.0 Å². The number of carbonyl (C=O) groups excluding carboxylic acids is 1. The van der Waals surface area contributed by atoms with Crippen LogP contribution in [0.3, 0.4) is 0 Å². The van der Waals surface area contributed by atoms with Crippen molar-refractivity contribution in [3.8, 4) is 11.1 Å². The van der Waals surface area contributed by atoms with E-state index in [1.54, 1.807) is 33.3 Å². The minimum absolute atomic E-state index is 0.0738. The number of benzene rings is 1. The molecule has 34 heavy (non-hydrogen) atoms. The maximum atomic E-state index is 15.6. The maximum Gasteiger partial charge on any atom is 0.258 e. The molecule has 1 fully saturated rings. The first-order chi connectivity index (χ1) is 16.1. The van der Waals surface area contributed by atoms with Gasteiger partial charge in [0, 0.05) is 60.0 Å². The van der Waals surface area contributed by atoms with Crippen LogP contribution in [0.5, 0.6) is 0 Å². The van der Waals surface area contributed by atoms with Crippen molar-refractivity contribution in [1.82, 2.24) is 20.0 Å². The molecule has 3 heterocycles. The number of fused-ring (bicyclic) bond motifs is 2. The van der Waals surface area contributed by atoms with Crippen molar-refractivity contribution in [1.29, 1.82) is 0 Å². The number of aryl methyl sites for hydroxylation is 1. The number of hydrogen-bond acceptors (Lipinski definition) is 7. The van der Waals surface area contributed by atoms with Crippen LogP contribution in [0.4, 0.5) is 15.9 Å². The number of nitrogens with two attached hydrogens (primary N) is 1. The van der Waals surface area contributed by atoms with Crippen molar-refractivity contribution in [2.45, 2.75) is 43.9 Å². The predicted octanol–water partition coefficient (Wildman–Crippen LogP) is 4.32. The van der Waals surface area contributed by atoms with E-state index < -0.39 is 11.7 Å². The number of carbonyl (C=O) groups is 1. The zero-order valence-electron chi connectivity index (χ0n) is 19.5. The van der Waals surface area contributed by atoms with Gasteiger partial charge < -0.3 is 20.5 Å². The van der Waals surface area contributed by atoms with Gasteiger partial charge in [-0.2, -0.15) is 4.98 Å². The molecule has 1 saturated carbocycles. The van der Waals surface area contributed by atoms with Crippen LogP contribution in [-0.2, 0) is 10.8 Å². The minimum Gasteiger partial charge on any atom is -0.398 e. The van der Waals surface area contributed by atoms with E-state index in [0.717, 1.165) is 24.8 Å². The van der Waals surface area contributed by atoms with Crippen LogP contribution in [0, 0.1) is 12.7 Å². The Kier molecular flexibility index (Phi) is 5.09. The average molecular weight is 485 g/mol. The molecule has 1 aliphatic heterocycles. The summed E-state index contributed by atoms with van der Waals surface area (Å²) in [7, 11) is 3.10. The number of halogens is 2. The highest BCUT2D eigenvalue weighted by atomic mass is 35.5. The molecular formula is C24H26ClFN6O2. The molecular weight excluding hydrogens is 459 g/mol. The van der Waals surface area contributed by atoms with Crippen LogP contribution in [0.2, 0.25) is 5.02 Å². The van der Waals surface area contributed by atoms with Gasteiger partial charge in [0.25, 0.3) is 5.91 Å². The van der Waals surface area contributed by atoms with Crippen LogP contribution in [0.15, 0.2) is 22.9 Å². The molecule has 178 valence electrons. The lowest BCUT2D eigenvalue weighted by Gasteiger charge is -2.27. The lowest BCUT2D eigenvalue weighted by atomic mass is 9.76. The summed E-state index contributed by atoms with van der Waals surface area (Å²) in [5.74, 6) is 0.694. The summed E-state index contributed by atoms with van der Waals surface area (Å²) in [6.07, 6.45) is 3.96. The fraction of sp³-hybridized carbons (Fsp3) is 0.417. The van der Waals surface area contributed by atoms with Gasteiger partial charge in [0.05, 0.1) is 10.6 Å². The average Bonchev–Trinajstić information content (AvgIpc) is 3.48. The Balaban J connectivity index is 1.60. The van der Waals surface area contributed by atoms with E-state index in [1.807, 2.05) is 0 Å². The fourth-order valence-electron chi connectivity index (χ4n) is 5.40. The summed E-state index contributed by atoms with van der Waals surface area (Å²) in [6.45, 7) is 4.59. The van der Waals surface area contributed by atoms with Crippen molar-refractivity contribution in [2.24, 2.45) is 0 Å². The number of amides is 1. The van der Waals surface area contributed by atoms with Gasteiger partial charge >= 0.3 is 0 Å². The Hall–Kier alpha value is -3.20. The van der Waals surface area contributed by atoms with Gasteiger partial charge in [-0.1, -0.05) is 23.7 Å². The summed E-state index contributed by atoms with van der Waals surface area (Å²) >= 11 is 6.98. The van der Waals surface area contributed by atoms with E-state index in [-0.39, 0.29) is 27.6 Å². The molecule has 0 radical (unpaired) electrons. The molecule has 3 N–H and O–H groups in total. The van der Waals surface area contributed by atoms with E-state index in [4.69, 9.17) is 21.9 Å².